The minimum absolute atomic E-state index is 0.335. The number of hydrogen-bond acceptors (Lipinski definition) is 8. The first-order valence-electron chi connectivity index (χ1n) is 8.53. The number of hydrogen-bond donors (Lipinski definition) is 0. The lowest BCUT2D eigenvalue weighted by Gasteiger charge is -2.25. The van der Waals surface area contributed by atoms with Gasteiger partial charge in [0.2, 0.25) is 6.08 Å². The number of nitrogens with zero attached hydrogens (tertiary/aromatic N) is 1. The van der Waals surface area contributed by atoms with Crippen LogP contribution in [0.1, 0.15) is 25.7 Å². The lowest BCUT2D eigenvalue weighted by Crippen LogP contribution is -2.42. The molecular formula is C16H33NO7Si2. The van der Waals surface area contributed by atoms with E-state index in [1.165, 1.54) is 5.57 Å². The molecule has 0 fully saturated rings. The fraction of sp³-hybridized carbons (Fsp3) is 0.812. The summed E-state index contributed by atoms with van der Waals surface area (Å²) < 4.78 is 32.7. The molecule has 152 valence electrons. The summed E-state index contributed by atoms with van der Waals surface area (Å²) in [6.45, 7) is 0.335. The van der Waals surface area contributed by atoms with Gasteiger partial charge in [-0.15, -0.1) is 0 Å². The molecule has 0 N–H and O–H groups in total. The number of carbonyl (C=O) groups excluding carboxylic acids is 1. The highest BCUT2D eigenvalue weighted by Gasteiger charge is 2.38. The maximum atomic E-state index is 10.3. The van der Waals surface area contributed by atoms with E-state index in [0.717, 1.165) is 37.8 Å². The van der Waals surface area contributed by atoms with Crippen LogP contribution in [0.3, 0.4) is 0 Å². The van der Waals surface area contributed by atoms with E-state index in [9.17, 15) is 4.79 Å². The summed E-state index contributed by atoms with van der Waals surface area (Å²) in [6, 6.07) is 1.44. The van der Waals surface area contributed by atoms with Crippen molar-refractivity contribution in [2.75, 3.05) is 49.2 Å². The topological polar surface area (TPSA) is 84.8 Å². The molecule has 0 aromatic carbocycles. The minimum Gasteiger partial charge on any atom is -0.377 e. The van der Waals surface area contributed by atoms with Gasteiger partial charge in [0.1, 0.15) is 0 Å². The Morgan fingerprint density at radius 2 is 1.19 bits per heavy atom. The molecule has 0 atom stereocenters. The lowest BCUT2D eigenvalue weighted by molar-refractivity contribution is 0.123. The Kier molecular flexibility index (Phi) is 14.0. The van der Waals surface area contributed by atoms with Crippen molar-refractivity contribution in [2.24, 2.45) is 4.99 Å². The summed E-state index contributed by atoms with van der Waals surface area (Å²) in [5.41, 5.74) is 1.21. The van der Waals surface area contributed by atoms with Crippen molar-refractivity contribution >= 4 is 23.7 Å². The first kappa shape index (κ1) is 25.3. The second-order valence-corrected chi connectivity index (χ2v) is 11.8. The largest absolute Gasteiger partial charge is 0.500 e. The standard InChI is InChI=1S/C16H33NO7Si2/c1-19-25(20-2,21-3)13-7-9-16(11-12-17-15-18)10-8-14-26(22-4,23-5)24-6/h11H,7-10,12-14H2,1-6H3. The third-order valence-electron chi connectivity index (χ3n) is 4.36. The van der Waals surface area contributed by atoms with E-state index in [4.69, 9.17) is 26.6 Å². The Morgan fingerprint density at radius 3 is 1.50 bits per heavy atom. The molecule has 0 radical (unpaired) electrons. The van der Waals surface area contributed by atoms with Crippen LogP contribution in [0.5, 0.6) is 0 Å². The molecule has 0 spiro atoms. The van der Waals surface area contributed by atoms with Gasteiger partial charge in [-0.2, -0.15) is 0 Å². The van der Waals surface area contributed by atoms with Crippen molar-refractivity contribution in [1.29, 1.82) is 0 Å². The van der Waals surface area contributed by atoms with Crippen LogP contribution in [0, 0.1) is 0 Å². The van der Waals surface area contributed by atoms with Crippen LogP contribution in [0.15, 0.2) is 16.6 Å². The molecule has 0 aliphatic carbocycles. The molecule has 0 saturated carbocycles. The maximum absolute atomic E-state index is 10.3. The second kappa shape index (κ2) is 14.4. The molecule has 0 saturated heterocycles. The molecule has 0 rings (SSSR count). The van der Waals surface area contributed by atoms with Crippen LogP contribution in [0.4, 0.5) is 0 Å². The van der Waals surface area contributed by atoms with Crippen LogP contribution in [0.25, 0.3) is 0 Å². The van der Waals surface area contributed by atoms with Crippen molar-refractivity contribution in [2.45, 2.75) is 37.8 Å². The van der Waals surface area contributed by atoms with Crippen LogP contribution in [-0.2, 0) is 31.4 Å². The van der Waals surface area contributed by atoms with Gasteiger partial charge in [0.25, 0.3) is 0 Å². The van der Waals surface area contributed by atoms with Crippen LogP contribution in [-0.4, -0.2) is 72.9 Å². The SMILES string of the molecule is CO[Si](CCCC(=CCN=C=O)CCC[Si](OC)(OC)OC)(OC)OC. The van der Waals surface area contributed by atoms with E-state index in [1.54, 1.807) is 48.7 Å². The quantitative estimate of drug-likeness (QED) is 0.168. The fourth-order valence-corrected chi connectivity index (χ4v) is 6.16. The second-order valence-electron chi connectivity index (χ2n) is 5.59. The van der Waals surface area contributed by atoms with Gasteiger partial charge in [-0.1, -0.05) is 11.6 Å². The molecule has 26 heavy (non-hydrogen) atoms. The Labute approximate surface area is 159 Å². The summed E-state index contributed by atoms with van der Waals surface area (Å²) in [4.78, 5) is 13.9. The number of rotatable bonds is 16. The van der Waals surface area contributed by atoms with Gasteiger partial charge < -0.3 is 26.6 Å². The summed E-state index contributed by atoms with van der Waals surface area (Å²) in [6.07, 6.45) is 6.95. The van der Waals surface area contributed by atoms with E-state index < -0.39 is 17.6 Å². The van der Waals surface area contributed by atoms with Gasteiger partial charge in [-0.3, -0.25) is 0 Å². The smallest absolute Gasteiger partial charge is 0.377 e. The highest BCUT2D eigenvalue weighted by Crippen LogP contribution is 2.23. The number of isocyanates is 1. The summed E-state index contributed by atoms with van der Waals surface area (Å²) in [5.74, 6) is 0. The van der Waals surface area contributed by atoms with E-state index in [0.29, 0.717) is 6.54 Å². The molecule has 0 bridgehead atoms. The Balaban J connectivity index is 4.72. The normalized spacial score (nSPS) is 11.9. The van der Waals surface area contributed by atoms with Crippen LogP contribution in [0.2, 0.25) is 12.1 Å². The third kappa shape index (κ3) is 8.80. The third-order valence-corrected chi connectivity index (χ3v) is 10.0. The van der Waals surface area contributed by atoms with E-state index in [2.05, 4.69) is 4.99 Å². The van der Waals surface area contributed by atoms with E-state index >= 15 is 0 Å². The molecular weight excluding hydrogens is 374 g/mol. The van der Waals surface area contributed by atoms with Gasteiger partial charge in [0, 0.05) is 54.7 Å². The summed E-state index contributed by atoms with van der Waals surface area (Å²) >= 11 is 0. The summed E-state index contributed by atoms with van der Waals surface area (Å²) in [7, 11) is 4.53. The van der Waals surface area contributed by atoms with Gasteiger partial charge >= 0.3 is 17.6 Å². The number of aliphatic imine (C=N–C) groups is 1. The molecule has 10 heteroatoms. The highest BCUT2D eigenvalue weighted by molar-refractivity contribution is 6.60. The molecule has 0 amide bonds. The van der Waals surface area contributed by atoms with E-state index in [-0.39, 0.29) is 0 Å². The predicted octanol–water partition coefficient (Wildman–Crippen LogP) is 2.57. The van der Waals surface area contributed by atoms with Gasteiger partial charge in [-0.25, -0.2) is 9.79 Å². The van der Waals surface area contributed by atoms with Crippen molar-refractivity contribution in [3.63, 3.8) is 0 Å². The Bertz CT molecular complexity index is 403. The highest BCUT2D eigenvalue weighted by atomic mass is 28.4. The molecule has 0 aliphatic heterocycles. The van der Waals surface area contributed by atoms with Crippen LogP contribution >= 0.6 is 0 Å². The minimum atomic E-state index is -2.57. The zero-order valence-corrected chi connectivity index (χ0v) is 18.8. The van der Waals surface area contributed by atoms with E-state index in [1.807, 2.05) is 6.08 Å². The molecule has 8 nitrogen and oxygen atoms in total. The zero-order chi connectivity index (χ0) is 19.9. The van der Waals surface area contributed by atoms with Gasteiger partial charge in [-0.05, 0) is 25.7 Å². The number of allylic oxidation sites excluding steroid dienone is 1. The van der Waals surface area contributed by atoms with Crippen LogP contribution < -0.4 is 0 Å². The van der Waals surface area contributed by atoms with Crippen molar-refractivity contribution in [1.82, 2.24) is 0 Å². The van der Waals surface area contributed by atoms with Gasteiger partial charge in [0.15, 0.2) is 0 Å². The monoisotopic (exact) mass is 407 g/mol. The average molecular weight is 408 g/mol. The van der Waals surface area contributed by atoms with Crippen molar-refractivity contribution in [3.05, 3.63) is 11.6 Å². The van der Waals surface area contributed by atoms with Gasteiger partial charge in [0.05, 0.1) is 6.54 Å². The fourth-order valence-electron chi connectivity index (χ4n) is 2.72. The molecule has 0 aromatic rings. The first-order valence-corrected chi connectivity index (χ1v) is 12.4. The van der Waals surface area contributed by atoms with Crippen molar-refractivity contribution in [3.8, 4) is 0 Å². The Hall–Kier alpha value is -0.686. The molecule has 0 aliphatic rings. The molecule has 0 heterocycles. The Morgan fingerprint density at radius 1 is 0.808 bits per heavy atom. The maximum Gasteiger partial charge on any atom is 0.500 e. The first-order chi connectivity index (χ1) is 12.5. The zero-order valence-electron chi connectivity index (χ0n) is 16.8. The molecule has 0 unspecified atom stereocenters. The lowest BCUT2D eigenvalue weighted by atomic mass is 10.1. The molecule has 0 aromatic heterocycles. The van der Waals surface area contributed by atoms with Crippen molar-refractivity contribution < 1.29 is 31.4 Å². The average Bonchev–Trinajstić information content (AvgIpc) is 2.69. The summed E-state index contributed by atoms with van der Waals surface area (Å²) in [5, 5.41) is 0. The predicted molar refractivity (Wildman–Crippen MR) is 103 cm³/mol.